The van der Waals surface area contributed by atoms with E-state index >= 15 is 0 Å². The molecule has 0 amide bonds. The molecule has 1 unspecified atom stereocenters. The van der Waals surface area contributed by atoms with Gasteiger partial charge in [-0.2, -0.15) is 5.10 Å². The van der Waals surface area contributed by atoms with Crippen LogP contribution in [0.25, 0.3) is 0 Å². The number of aromatic nitrogens is 2. The highest BCUT2D eigenvalue weighted by molar-refractivity contribution is 5.37. The van der Waals surface area contributed by atoms with Crippen LogP contribution in [0.15, 0.2) is 30.3 Å². The molecule has 2 heterocycles. The SMILES string of the molecule is CCc1cc(CC2(N)COc3ccccc3C2)n(CC)n1. The fourth-order valence-electron chi connectivity index (χ4n) is 3.02. The van der Waals surface area contributed by atoms with E-state index < -0.39 is 0 Å². The van der Waals surface area contributed by atoms with Crippen molar-refractivity contribution in [2.75, 3.05) is 6.61 Å². The molecule has 112 valence electrons. The van der Waals surface area contributed by atoms with Crippen LogP contribution in [-0.2, 0) is 25.8 Å². The lowest BCUT2D eigenvalue weighted by Crippen LogP contribution is -2.52. The topological polar surface area (TPSA) is 53.1 Å². The Morgan fingerprint density at radius 1 is 1.33 bits per heavy atom. The summed E-state index contributed by atoms with van der Waals surface area (Å²) in [6.07, 6.45) is 2.60. The van der Waals surface area contributed by atoms with Gasteiger partial charge in [0, 0.05) is 18.7 Å². The molecule has 2 aromatic rings. The first-order chi connectivity index (χ1) is 10.1. The molecule has 0 saturated heterocycles. The van der Waals surface area contributed by atoms with Crippen LogP contribution < -0.4 is 10.5 Å². The minimum atomic E-state index is -0.355. The van der Waals surface area contributed by atoms with Crippen molar-refractivity contribution >= 4 is 0 Å². The average molecular weight is 285 g/mol. The molecule has 21 heavy (non-hydrogen) atoms. The molecule has 4 nitrogen and oxygen atoms in total. The van der Waals surface area contributed by atoms with E-state index in [1.165, 1.54) is 11.3 Å². The van der Waals surface area contributed by atoms with Gasteiger partial charge in [-0.25, -0.2) is 0 Å². The Labute approximate surface area is 125 Å². The maximum atomic E-state index is 6.61. The Bertz CT molecular complexity index is 635. The molecule has 4 heteroatoms. The van der Waals surface area contributed by atoms with Gasteiger partial charge in [0.2, 0.25) is 0 Å². The molecule has 0 bridgehead atoms. The summed E-state index contributed by atoms with van der Waals surface area (Å²) in [5, 5.41) is 4.61. The van der Waals surface area contributed by atoms with E-state index in [1.807, 2.05) is 18.2 Å². The van der Waals surface area contributed by atoms with E-state index in [4.69, 9.17) is 10.5 Å². The smallest absolute Gasteiger partial charge is 0.122 e. The molecule has 0 fully saturated rings. The third-order valence-corrected chi connectivity index (χ3v) is 4.14. The van der Waals surface area contributed by atoms with E-state index in [2.05, 4.69) is 35.8 Å². The Kier molecular flexibility index (Phi) is 3.72. The van der Waals surface area contributed by atoms with Crippen molar-refractivity contribution in [2.24, 2.45) is 5.73 Å². The van der Waals surface area contributed by atoms with Gasteiger partial charge < -0.3 is 10.5 Å². The number of aryl methyl sites for hydroxylation is 2. The second-order valence-electron chi connectivity index (χ2n) is 5.91. The maximum Gasteiger partial charge on any atom is 0.122 e. The Morgan fingerprint density at radius 3 is 2.90 bits per heavy atom. The predicted molar refractivity (Wildman–Crippen MR) is 83.5 cm³/mol. The summed E-state index contributed by atoms with van der Waals surface area (Å²) in [5.41, 5.74) is 9.80. The van der Waals surface area contributed by atoms with E-state index in [0.29, 0.717) is 6.61 Å². The third-order valence-electron chi connectivity index (χ3n) is 4.14. The van der Waals surface area contributed by atoms with Crippen LogP contribution >= 0.6 is 0 Å². The molecule has 1 aliphatic heterocycles. The van der Waals surface area contributed by atoms with Gasteiger partial charge in [-0.3, -0.25) is 4.68 Å². The first-order valence-corrected chi connectivity index (χ1v) is 7.69. The van der Waals surface area contributed by atoms with Gasteiger partial charge in [0.1, 0.15) is 12.4 Å². The zero-order valence-electron chi connectivity index (χ0n) is 12.8. The van der Waals surface area contributed by atoms with Crippen LogP contribution in [0.5, 0.6) is 5.75 Å². The summed E-state index contributed by atoms with van der Waals surface area (Å²) in [6.45, 7) is 5.68. The Hall–Kier alpha value is -1.81. The monoisotopic (exact) mass is 285 g/mol. The third kappa shape index (κ3) is 2.81. The van der Waals surface area contributed by atoms with E-state index in [1.54, 1.807) is 0 Å². The van der Waals surface area contributed by atoms with Crippen molar-refractivity contribution in [1.82, 2.24) is 9.78 Å². The van der Waals surface area contributed by atoms with Crippen LogP contribution in [0, 0.1) is 0 Å². The van der Waals surface area contributed by atoms with Crippen LogP contribution in [-0.4, -0.2) is 21.9 Å². The second-order valence-corrected chi connectivity index (χ2v) is 5.91. The molecule has 0 aliphatic carbocycles. The van der Waals surface area contributed by atoms with Crippen molar-refractivity contribution in [3.05, 3.63) is 47.3 Å². The largest absolute Gasteiger partial charge is 0.491 e. The minimum absolute atomic E-state index is 0.355. The van der Waals surface area contributed by atoms with Gasteiger partial charge in [0.15, 0.2) is 0 Å². The minimum Gasteiger partial charge on any atom is -0.491 e. The summed E-state index contributed by atoms with van der Waals surface area (Å²) in [5.74, 6) is 0.969. The summed E-state index contributed by atoms with van der Waals surface area (Å²) in [7, 11) is 0. The van der Waals surface area contributed by atoms with Gasteiger partial charge >= 0.3 is 0 Å². The Balaban J connectivity index is 1.83. The first kappa shape index (κ1) is 14.1. The van der Waals surface area contributed by atoms with E-state index in [0.717, 1.165) is 37.3 Å². The summed E-state index contributed by atoms with van der Waals surface area (Å²) < 4.78 is 7.93. The zero-order chi connectivity index (χ0) is 14.9. The average Bonchev–Trinajstić information content (AvgIpc) is 2.88. The number of benzene rings is 1. The van der Waals surface area contributed by atoms with Crippen LogP contribution in [0.2, 0.25) is 0 Å². The van der Waals surface area contributed by atoms with Crippen molar-refractivity contribution in [3.63, 3.8) is 0 Å². The van der Waals surface area contributed by atoms with E-state index in [-0.39, 0.29) is 5.54 Å². The van der Waals surface area contributed by atoms with E-state index in [9.17, 15) is 0 Å². The molecule has 1 aromatic carbocycles. The number of nitrogens with two attached hydrogens (primary N) is 1. The molecule has 1 aromatic heterocycles. The lowest BCUT2D eigenvalue weighted by atomic mass is 9.86. The molecule has 0 radical (unpaired) electrons. The normalized spacial score (nSPS) is 20.9. The van der Waals surface area contributed by atoms with Crippen LogP contribution in [0.4, 0.5) is 0 Å². The zero-order valence-corrected chi connectivity index (χ0v) is 12.8. The van der Waals surface area contributed by atoms with Gasteiger partial charge in [0.25, 0.3) is 0 Å². The second kappa shape index (κ2) is 5.53. The Morgan fingerprint density at radius 2 is 2.14 bits per heavy atom. The van der Waals surface area contributed by atoms with Crippen LogP contribution in [0.3, 0.4) is 0 Å². The van der Waals surface area contributed by atoms with Gasteiger partial charge in [-0.15, -0.1) is 0 Å². The van der Waals surface area contributed by atoms with Gasteiger partial charge in [-0.1, -0.05) is 25.1 Å². The van der Waals surface area contributed by atoms with Gasteiger partial charge in [-0.05, 0) is 37.5 Å². The number of fused-ring (bicyclic) bond motifs is 1. The summed E-state index contributed by atoms with van der Waals surface area (Å²) in [4.78, 5) is 0. The molecule has 3 rings (SSSR count). The van der Waals surface area contributed by atoms with Gasteiger partial charge in [0.05, 0.1) is 11.2 Å². The molecule has 2 N–H and O–H groups in total. The predicted octanol–water partition coefficient (Wildman–Crippen LogP) is 2.34. The molecule has 0 saturated carbocycles. The fraction of sp³-hybridized carbons (Fsp3) is 0.471. The van der Waals surface area contributed by atoms with Crippen molar-refractivity contribution in [3.8, 4) is 5.75 Å². The molecular weight excluding hydrogens is 262 g/mol. The number of nitrogens with zero attached hydrogens (tertiary/aromatic N) is 2. The fourth-order valence-corrected chi connectivity index (χ4v) is 3.02. The van der Waals surface area contributed by atoms with Crippen molar-refractivity contribution in [1.29, 1.82) is 0 Å². The quantitative estimate of drug-likeness (QED) is 0.938. The lowest BCUT2D eigenvalue weighted by molar-refractivity contribution is 0.187. The number of rotatable bonds is 4. The number of hydrogen-bond acceptors (Lipinski definition) is 3. The van der Waals surface area contributed by atoms with Crippen molar-refractivity contribution < 1.29 is 4.74 Å². The molecule has 0 spiro atoms. The summed E-state index contributed by atoms with van der Waals surface area (Å²) >= 11 is 0. The summed E-state index contributed by atoms with van der Waals surface area (Å²) in [6, 6.07) is 10.3. The lowest BCUT2D eigenvalue weighted by Gasteiger charge is -2.34. The maximum absolute atomic E-state index is 6.61. The number of para-hydroxylation sites is 1. The first-order valence-electron chi connectivity index (χ1n) is 7.69. The highest BCUT2D eigenvalue weighted by Gasteiger charge is 2.33. The van der Waals surface area contributed by atoms with Crippen LogP contribution in [0.1, 0.15) is 30.8 Å². The number of hydrogen-bond donors (Lipinski definition) is 1. The highest BCUT2D eigenvalue weighted by Crippen LogP contribution is 2.30. The molecule has 1 aliphatic rings. The number of ether oxygens (including phenoxy) is 1. The highest BCUT2D eigenvalue weighted by atomic mass is 16.5. The van der Waals surface area contributed by atoms with Crippen molar-refractivity contribution in [2.45, 2.75) is 45.2 Å². The molecule has 1 atom stereocenters. The standard InChI is InChI=1S/C17H23N3O/c1-3-14-9-15(20(4-2)19-14)11-17(18)10-13-7-5-6-8-16(13)21-12-17/h5-9H,3-4,10-12,18H2,1-2H3. The molecular formula is C17H23N3O.